The molecule has 0 saturated carbocycles. The van der Waals surface area contributed by atoms with Crippen LogP contribution in [0.1, 0.15) is 29.8 Å². The Bertz CT molecular complexity index is 695. The fourth-order valence-corrected chi connectivity index (χ4v) is 2.78. The number of nitro benzene ring substituents is 1. The van der Waals surface area contributed by atoms with E-state index >= 15 is 0 Å². The Morgan fingerprint density at radius 3 is 2.53 bits per heavy atom. The van der Waals surface area contributed by atoms with Crippen molar-refractivity contribution in [3.63, 3.8) is 0 Å². The highest BCUT2D eigenvalue weighted by Crippen LogP contribution is 2.36. The van der Waals surface area contributed by atoms with Gasteiger partial charge in [-0.3, -0.25) is 14.9 Å². The van der Waals surface area contributed by atoms with Crippen molar-refractivity contribution in [1.82, 2.24) is 0 Å². The maximum atomic E-state index is 11.4. The van der Waals surface area contributed by atoms with Gasteiger partial charge in [0.15, 0.2) is 5.78 Å². The van der Waals surface area contributed by atoms with Gasteiger partial charge in [0.05, 0.1) is 14.8 Å². The zero-order chi connectivity index (χ0) is 14.2. The van der Waals surface area contributed by atoms with Crippen molar-refractivity contribution >= 4 is 38.2 Å². The van der Waals surface area contributed by atoms with Gasteiger partial charge in [-0.15, -0.1) is 0 Å². The van der Waals surface area contributed by atoms with Gasteiger partial charge < -0.3 is 0 Å². The van der Waals surface area contributed by atoms with E-state index in [0.29, 0.717) is 15.4 Å². The molecule has 0 amide bonds. The molecule has 0 fully saturated rings. The molecule has 0 aliphatic rings. The molecular weight excluding hydrogens is 310 g/mol. The van der Waals surface area contributed by atoms with Gasteiger partial charge in [0, 0.05) is 5.56 Å². The SMILES string of the molecule is CCc1cc(Br)c([N+](=O)[O-])c2ccc(C(C)=O)cc12. The first-order valence-electron chi connectivity index (χ1n) is 5.86. The van der Waals surface area contributed by atoms with Gasteiger partial charge in [0.25, 0.3) is 5.69 Å². The van der Waals surface area contributed by atoms with Crippen LogP contribution in [0.5, 0.6) is 0 Å². The standard InChI is InChI=1S/C14H12BrNO3/c1-3-9-7-13(15)14(16(18)19)11-5-4-10(8(2)17)6-12(9)11/h4-7H,3H2,1-2H3. The predicted molar refractivity (Wildman–Crippen MR) is 77.7 cm³/mol. The Morgan fingerprint density at radius 2 is 2.00 bits per heavy atom. The molecular formula is C14H12BrNO3. The minimum absolute atomic E-state index is 0.0438. The van der Waals surface area contributed by atoms with Crippen molar-refractivity contribution in [1.29, 1.82) is 0 Å². The minimum Gasteiger partial charge on any atom is -0.295 e. The fraction of sp³-hybridized carbons (Fsp3) is 0.214. The molecule has 0 heterocycles. The van der Waals surface area contributed by atoms with Crippen molar-refractivity contribution in [2.24, 2.45) is 0 Å². The van der Waals surface area contributed by atoms with Crippen LogP contribution >= 0.6 is 15.9 Å². The summed E-state index contributed by atoms with van der Waals surface area (Å²) in [6.07, 6.45) is 0.744. The summed E-state index contributed by atoms with van der Waals surface area (Å²) < 4.78 is 0.470. The van der Waals surface area contributed by atoms with Crippen molar-refractivity contribution in [3.8, 4) is 0 Å². The Labute approximate surface area is 118 Å². The van der Waals surface area contributed by atoms with E-state index in [0.717, 1.165) is 17.4 Å². The van der Waals surface area contributed by atoms with Gasteiger partial charge in [0.1, 0.15) is 0 Å². The van der Waals surface area contributed by atoms with Gasteiger partial charge >= 0.3 is 0 Å². The van der Waals surface area contributed by atoms with Crippen molar-refractivity contribution in [3.05, 3.63) is 50.0 Å². The number of carbonyl (C=O) groups excluding carboxylic acids is 1. The zero-order valence-electron chi connectivity index (χ0n) is 10.6. The number of rotatable bonds is 3. The monoisotopic (exact) mass is 321 g/mol. The van der Waals surface area contributed by atoms with E-state index in [4.69, 9.17) is 0 Å². The second kappa shape index (κ2) is 5.09. The van der Waals surface area contributed by atoms with Gasteiger partial charge in [-0.2, -0.15) is 0 Å². The third-order valence-electron chi connectivity index (χ3n) is 3.12. The van der Waals surface area contributed by atoms with Crippen LogP contribution in [-0.2, 0) is 6.42 Å². The molecule has 0 aromatic heterocycles. The largest absolute Gasteiger partial charge is 0.295 e. The molecule has 0 N–H and O–H groups in total. The summed E-state index contributed by atoms with van der Waals surface area (Å²) in [6, 6.07) is 6.76. The first kappa shape index (κ1) is 13.7. The third kappa shape index (κ3) is 2.38. The zero-order valence-corrected chi connectivity index (χ0v) is 12.2. The molecule has 2 aromatic rings. The predicted octanol–water partition coefficient (Wildman–Crippen LogP) is 4.28. The molecule has 2 rings (SSSR count). The van der Waals surface area contributed by atoms with Crippen LogP contribution in [0.4, 0.5) is 5.69 Å². The highest BCUT2D eigenvalue weighted by molar-refractivity contribution is 9.10. The highest BCUT2D eigenvalue weighted by atomic mass is 79.9. The van der Waals surface area contributed by atoms with Crippen molar-refractivity contribution < 1.29 is 9.72 Å². The maximum absolute atomic E-state index is 11.4. The molecule has 19 heavy (non-hydrogen) atoms. The Balaban J connectivity index is 2.90. The lowest BCUT2D eigenvalue weighted by molar-refractivity contribution is -0.383. The lowest BCUT2D eigenvalue weighted by Crippen LogP contribution is -1.97. The number of benzene rings is 2. The summed E-state index contributed by atoms with van der Waals surface area (Å²) in [5.41, 5.74) is 1.59. The van der Waals surface area contributed by atoms with Gasteiger partial charge in [-0.1, -0.05) is 13.0 Å². The number of ketones is 1. The second-order valence-corrected chi connectivity index (χ2v) is 5.15. The molecule has 4 nitrogen and oxygen atoms in total. The number of Topliss-reactive ketones (excluding diaryl/α,β-unsaturated/α-hetero) is 1. The highest BCUT2D eigenvalue weighted by Gasteiger charge is 2.19. The Morgan fingerprint density at radius 1 is 1.32 bits per heavy atom. The Hall–Kier alpha value is -1.75. The normalized spacial score (nSPS) is 10.7. The molecule has 0 aliphatic carbocycles. The number of nitro groups is 1. The number of halogens is 1. The smallest absolute Gasteiger partial charge is 0.291 e. The first-order chi connectivity index (χ1) is 8.95. The van der Waals surface area contributed by atoms with Crippen LogP contribution < -0.4 is 0 Å². The van der Waals surface area contributed by atoms with Crippen LogP contribution in [-0.4, -0.2) is 10.7 Å². The van der Waals surface area contributed by atoms with Crippen LogP contribution in [0.15, 0.2) is 28.7 Å². The first-order valence-corrected chi connectivity index (χ1v) is 6.65. The van der Waals surface area contributed by atoms with Crippen LogP contribution in [0, 0.1) is 10.1 Å². The van der Waals surface area contributed by atoms with E-state index in [1.807, 2.05) is 6.92 Å². The summed E-state index contributed by atoms with van der Waals surface area (Å²) >= 11 is 3.25. The molecule has 2 aromatic carbocycles. The summed E-state index contributed by atoms with van der Waals surface area (Å²) in [7, 11) is 0. The van der Waals surface area contributed by atoms with E-state index in [-0.39, 0.29) is 11.5 Å². The summed E-state index contributed by atoms with van der Waals surface area (Å²) in [4.78, 5) is 22.2. The number of carbonyl (C=O) groups is 1. The van der Waals surface area contributed by atoms with E-state index in [9.17, 15) is 14.9 Å². The van der Waals surface area contributed by atoms with Crippen LogP contribution in [0.25, 0.3) is 10.8 Å². The number of hydrogen-bond donors (Lipinski definition) is 0. The average molecular weight is 322 g/mol. The summed E-state index contributed by atoms with van der Waals surface area (Å²) in [5.74, 6) is -0.0467. The number of aryl methyl sites for hydroxylation is 1. The lowest BCUT2D eigenvalue weighted by Gasteiger charge is -2.08. The quantitative estimate of drug-likeness (QED) is 0.481. The minimum atomic E-state index is -0.403. The fourth-order valence-electron chi connectivity index (χ4n) is 2.14. The molecule has 0 unspecified atom stereocenters. The summed E-state index contributed by atoms with van der Waals surface area (Å²) in [5, 5.41) is 12.5. The molecule has 0 saturated heterocycles. The number of nitrogens with zero attached hydrogens (tertiary/aromatic N) is 1. The van der Waals surface area contributed by atoms with E-state index in [1.54, 1.807) is 24.3 Å². The van der Waals surface area contributed by atoms with Crippen molar-refractivity contribution in [2.75, 3.05) is 0 Å². The molecule has 0 spiro atoms. The molecule has 98 valence electrons. The molecule has 5 heteroatoms. The van der Waals surface area contributed by atoms with Crippen LogP contribution in [0.2, 0.25) is 0 Å². The molecule has 0 radical (unpaired) electrons. The molecule has 0 atom stereocenters. The molecule has 0 bridgehead atoms. The number of fused-ring (bicyclic) bond motifs is 1. The summed E-state index contributed by atoms with van der Waals surface area (Å²) in [6.45, 7) is 3.47. The van der Waals surface area contributed by atoms with Gasteiger partial charge in [-0.05, 0) is 58.4 Å². The van der Waals surface area contributed by atoms with E-state index < -0.39 is 4.92 Å². The van der Waals surface area contributed by atoms with E-state index in [1.165, 1.54) is 6.92 Å². The molecule has 0 aliphatic heterocycles. The second-order valence-electron chi connectivity index (χ2n) is 4.29. The number of hydrogen-bond acceptors (Lipinski definition) is 3. The Kier molecular flexibility index (Phi) is 3.66. The lowest BCUT2D eigenvalue weighted by atomic mass is 9.98. The topological polar surface area (TPSA) is 60.2 Å². The average Bonchev–Trinajstić information content (AvgIpc) is 2.36. The van der Waals surface area contributed by atoms with Gasteiger partial charge in [-0.25, -0.2) is 0 Å². The van der Waals surface area contributed by atoms with E-state index in [2.05, 4.69) is 15.9 Å². The van der Waals surface area contributed by atoms with Crippen LogP contribution in [0.3, 0.4) is 0 Å². The third-order valence-corrected chi connectivity index (χ3v) is 3.72. The van der Waals surface area contributed by atoms with Crippen molar-refractivity contribution in [2.45, 2.75) is 20.3 Å². The van der Waals surface area contributed by atoms with Gasteiger partial charge in [0.2, 0.25) is 0 Å². The maximum Gasteiger partial charge on any atom is 0.291 e.